The number of hydrogen-bond donors (Lipinski definition) is 3. The van der Waals surface area contributed by atoms with Crippen LogP contribution in [0.2, 0.25) is 0 Å². The molecule has 1 aliphatic carbocycles. The monoisotopic (exact) mass is 199 g/mol. The normalized spacial score (nSPS) is 29.1. The van der Waals surface area contributed by atoms with Gasteiger partial charge < -0.3 is 10.8 Å². The summed E-state index contributed by atoms with van der Waals surface area (Å²) in [6, 6.07) is -0.735. The van der Waals surface area contributed by atoms with Crippen LogP contribution in [-0.2, 0) is 4.79 Å². The molecule has 0 heterocycles. The molecule has 0 aliphatic heterocycles. The van der Waals surface area contributed by atoms with Gasteiger partial charge in [-0.3, -0.25) is 4.79 Å². The zero-order valence-electron chi connectivity index (χ0n) is 7.91. The molecule has 1 atom stereocenters. The van der Waals surface area contributed by atoms with Crippen molar-refractivity contribution in [1.82, 2.24) is 5.43 Å². The number of amides is 2. The Labute approximate surface area is 81.2 Å². The number of carbonyl (C=O) groups excluding carboxylic acids is 1. The van der Waals surface area contributed by atoms with Gasteiger partial charge in [0.15, 0.2) is 0 Å². The summed E-state index contributed by atoms with van der Waals surface area (Å²) in [5, 5.41) is 12.6. The van der Waals surface area contributed by atoms with Crippen molar-refractivity contribution in [3.63, 3.8) is 0 Å². The summed E-state index contributed by atoms with van der Waals surface area (Å²) >= 11 is 0. The van der Waals surface area contributed by atoms with Crippen LogP contribution in [0.3, 0.4) is 0 Å². The van der Waals surface area contributed by atoms with Gasteiger partial charge in [-0.2, -0.15) is 5.10 Å². The second-order valence-electron chi connectivity index (χ2n) is 3.70. The van der Waals surface area contributed by atoms with Crippen molar-refractivity contribution in [1.29, 1.82) is 0 Å². The Morgan fingerprint density at radius 3 is 2.71 bits per heavy atom. The predicted octanol–water partition coefficient (Wildman–Crippen LogP) is 0.286. The molecule has 0 saturated heterocycles. The van der Waals surface area contributed by atoms with Crippen molar-refractivity contribution < 1.29 is 14.7 Å². The number of nitrogens with one attached hydrogen (secondary N) is 1. The first kappa shape index (κ1) is 10.5. The molecule has 0 aromatic heterocycles. The highest BCUT2D eigenvalue weighted by Crippen LogP contribution is 2.35. The molecule has 0 spiro atoms. The summed E-state index contributed by atoms with van der Waals surface area (Å²) in [5.74, 6) is -0.832. The number of aliphatic carboxylic acids is 1. The number of urea groups is 1. The molecule has 1 saturated carbocycles. The second kappa shape index (κ2) is 3.65. The summed E-state index contributed by atoms with van der Waals surface area (Å²) in [5.41, 5.74) is 6.85. The van der Waals surface area contributed by atoms with Crippen molar-refractivity contribution in [3.05, 3.63) is 0 Å². The largest absolute Gasteiger partial charge is 0.481 e. The maximum absolute atomic E-state index is 10.8. The van der Waals surface area contributed by atoms with E-state index in [-0.39, 0.29) is 0 Å². The molecule has 78 valence electrons. The van der Waals surface area contributed by atoms with Gasteiger partial charge in [-0.05, 0) is 19.8 Å². The molecule has 1 rings (SSSR count). The molecule has 2 amide bonds. The summed E-state index contributed by atoms with van der Waals surface area (Å²) in [7, 11) is 0. The molecule has 0 aromatic rings. The van der Waals surface area contributed by atoms with Gasteiger partial charge in [0.05, 0.1) is 5.41 Å². The van der Waals surface area contributed by atoms with Crippen molar-refractivity contribution >= 4 is 17.7 Å². The van der Waals surface area contributed by atoms with E-state index in [0.29, 0.717) is 25.0 Å². The average molecular weight is 199 g/mol. The zero-order chi connectivity index (χ0) is 10.8. The first-order valence-electron chi connectivity index (χ1n) is 4.28. The van der Waals surface area contributed by atoms with Crippen LogP contribution in [0, 0.1) is 5.41 Å². The Morgan fingerprint density at radius 2 is 2.29 bits per heavy atom. The summed E-state index contributed by atoms with van der Waals surface area (Å²) < 4.78 is 0. The van der Waals surface area contributed by atoms with Gasteiger partial charge >= 0.3 is 12.0 Å². The first-order valence-corrected chi connectivity index (χ1v) is 4.28. The maximum atomic E-state index is 10.8. The molecular weight excluding hydrogens is 186 g/mol. The minimum atomic E-state index is -0.832. The Bertz CT molecular complexity index is 300. The van der Waals surface area contributed by atoms with Crippen LogP contribution in [-0.4, -0.2) is 22.8 Å². The van der Waals surface area contributed by atoms with E-state index in [4.69, 9.17) is 10.8 Å². The SMILES string of the molecule is C[C@@]1(C(=O)O)CC/C(=N/NC(N)=O)C1. The van der Waals surface area contributed by atoms with Crippen LogP contribution in [0.5, 0.6) is 0 Å². The number of rotatable bonds is 2. The van der Waals surface area contributed by atoms with Gasteiger partial charge in [0, 0.05) is 12.1 Å². The molecule has 6 heteroatoms. The topological polar surface area (TPSA) is 105 Å². The zero-order valence-corrected chi connectivity index (χ0v) is 7.91. The third-order valence-corrected chi connectivity index (χ3v) is 2.40. The second-order valence-corrected chi connectivity index (χ2v) is 3.70. The highest BCUT2D eigenvalue weighted by atomic mass is 16.4. The highest BCUT2D eigenvalue weighted by Gasteiger charge is 2.39. The van der Waals surface area contributed by atoms with Gasteiger partial charge in [-0.15, -0.1) is 0 Å². The molecule has 1 aliphatic rings. The summed E-state index contributed by atoms with van der Waals surface area (Å²) in [6.07, 6.45) is 1.49. The van der Waals surface area contributed by atoms with Gasteiger partial charge in [-0.1, -0.05) is 0 Å². The minimum Gasteiger partial charge on any atom is -0.481 e. The Balaban J connectivity index is 2.61. The van der Waals surface area contributed by atoms with Gasteiger partial charge in [-0.25, -0.2) is 10.2 Å². The maximum Gasteiger partial charge on any atom is 0.332 e. The number of primary amides is 1. The predicted molar refractivity (Wildman–Crippen MR) is 49.7 cm³/mol. The Morgan fingerprint density at radius 1 is 1.64 bits per heavy atom. The van der Waals surface area contributed by atoms with E-state index in [2.05, 4.69) is 10.5 Å². The minimum absolute atomic E-state index is 0.364. The van der Waals surface area contributed by atoms with E-state index in [1.165, 1.54) is 0 Å². The lowest BCUT2D eigenvalue weighted by atomic mass is 9.89. The number of hydrazone groups is 1. The van der Waals surface area contributed by atoms with Gasteiger partial charge in [0.1, 0.15) is 0 Å². The lowest BCUT2D eigenvalue weighted by Crippen LogP contribution is -2.27. The fraction of sp³-hybridized carbons (Fsp3) is 0.625. The van der Waals surface area contributed by atoms with Crippen LogP contribution >= 0.6 is 0 Å². The third-order valence-electron chi connectivity index (χ3n) is 2.40. The number of nitrogens with zero attached hydrogens (tertiary/aromatic N) is 1. The standard InChI is InChI=1S/C8H13N3O3/c1-8(6(12)13)3-2-5(4-8)10-11-7(9)14/h2-4H2,1H3,(H,12,13)(H3,9,11,14)/b10-5-/t8-/m1/s1. The molecule has 0 unspecified atom stereocenters. The van der Waals surface area contributed by atoms with E-state index >= 15 is 0 Å². The number of hydrogen-bond acceptors (Lipinski definition) is 3. The lowest BCUT2D eigenvalue weighted by Gasteiger charge is -2.15. The van der Waals surface area contributed by atoms with Crippen molar-refractivity contribution in [2.45, 2.75) is 26.2 Å². The molecule has 0 aromatic carbocycles. The molecule has 6 nitrogen and oxygen atoms in total. The van der Waals surface area contributed by atoms with Crippen molar-refractivity contribution in [2.24, 2.45) is 16.3 Å². The van der Waals surface area contributed by atoms with E-state index in [0.717, 1.165) is 0 Å². The molecular formula is C8H13N3O3. The van der Waals surface area contributed by atoms with Crippen LogP contribution in [0.4, 0.5) is 4.79 Å². The van der Waals surface area contributed by atoms with Crippen molar-refractivity contribution in [2.75, 3.05) is 0 Å². The lowest BCUT2D eigenvalue weighted by molar-refractivity contribution is -0.147. The van der Waals surface area contributed by atoms with E-state index in [9.17, 15) is 9.59 Å². The fourth-order valence-corrected chi connectivity index (χ4v) is 1.46. The van der Waals surface area contributed by atoms with Crippen LogP contribution in [0.1, 0.15) is 26.2 Å². The molecule has 4 N–H and O–H groups in total. The van der Waals surface area contributed by atoms with Gasteiger partial charge in [0.25, 0.3) is 0 Å². The highest BCUT2D eigenvalue weighted by molar-refractivity contribution is 5.93. The van der Waals surface area contributed by atoms with E-state index in [1.807, 2.05) is 0 Å². The molecule has 14 heavy (non-hydrogen) atoms. The quantitative estimate of drug-likeness (QED) is 0.556. The van der Waals surface area contributed by atoms with E-state index in [1.54, 1.807) is 6.92 Å². The number of carboxylic acids is 1. The summed E-state index contributed by atoms with van der Waals surface area (Å²) in [6.45, 7) is 1.67. The average Bonchev–Trinajstić information content (AvgIpc) is 2.45. The number of carboxylic acid groups (broad SMARTS) is 1. The van der Waals surface area contributed by atoms with Crippen LogP contribution < -0.4 is 11.2 Å². The first-order chi connectivity index (χ1) is 6.44. The number of nitrogens with two attached hydrogens (primary N) is 1. The summed E-state index contributed by atoms with van der Waals surface area (Å²) in [4.78, 5) is 21.2. The third kappa shape index (κ3) is 2.21. The Hall–Kier alpha value is -1.59. The van der Waals surface area contributed by atoms with Crippen LogP contribution in [0.25, 0.3) is 0 Å². The molecule has 0 radical (unpaired) electrons. The molecule has 0 bridgehead atoms. The van der Waals surface area contributed by atoms with E-state index < -0.39 is 17.4 Å². The number of carbonyl (C=O) groups is 2. The van der Waals surface area contributed by atoms with Crippen LogP contribution in [0.15, 0.2) is 5.10 Å². The Kier molecular flexibility index (Phi) is 2.73. The smallest absolute Gasteiger partial charge is 0.332 e. The fourth-order valence-electron chi connectivity index (χ4n) is 1.46. The molecule has 1 fully saturated rings. The van der Waals surface area contributed by atoms with Crippen molar-refractivity contribution in [3.8, 4) is 0 Å². The van der Waals surface area contributed by atoms with Gasteiger partial charge in [0.2, 0.25) is 0 Å².